The van der Waals surface area contributed by atoms with Crippen LogP contribution in [0.2, 0.25) is 0 Å². The smallest absolute Gasteiger partial charge is 0.217 e. The van der Waals surface area contributed by atoms with E-state index in [-0.39, 0.29) is 24.4 Å². The molecule has 1 aromatic carbocycles. The third kappa shape index (κ3) is 5.58. The van der Waals surface area contributed by atoms with Gasteiger partial charge in [-0.15, -0.1) is 0 Å². The number of hydrogen-bond donors (Lipinski definition) is 3. The average Bonchev–Trinajstić information content (AvgIpc) is 3.46. The molecule has 3 N–H and O–H groups in total. The maximum atomic E-state index is 13.5. The average molecular weight is 403 g/mol. The van der Waals surface area contributed by atoms with Crippen molar-refractivity contribution in [2.45, 2.75) is 57.2 Å². The molecule has 1 heterocycles. The van der Waals surface area contributed by atoms with Crippen molar-refractivity contribution in [3.05, 3.63) is 65.0 Å². The number of nitrogens with one attached hydrogen (secondary N) is 2. The number of aryl methyl sites for hydroxylation is 1. The number of amides is 1. The van der Waals surface area contributed by atoms with Crippen LogP contribution in [0.25, 0.3) is 0 Å². The lowest BCUT2D eigenvalue weighted by Gasteiger charge is -2.26. The Balaban J connectivity index is 1.68. The van der Waals surface area contributed by atoms with Gasteiger partial charge in [0.25, 0.3) is 0 Å². The molecule has 29 heavy (non-hydrogen) atoms. The number of rotatable bonds is 9. The van der Waals surface area contributed by atoms with Gasteiger partial charge in [-0.05, 0) is 61.1 Å². The molecule has 0 aliphatic heterocycles. The predicted molar refractivity (Wildman–Crippen MR) is 106 cm³/mol. The number of carbonyl (C=O) groups excluding carboxylic acids is 1. The maximum absolute atomic E-state index is 13.5. The van der Waals surface area contributed by atoms with Crippen LogP contribution in [0, 0.1) is 11.6 Å². The Bertz CT molecular complexity index is 851. The summed E-state index contributed by atoms with van der Waals surface area (Å²) in [5, 5.41) is 16.8. The van der Waals surface area contributed by atoms with Crippen LogP contribution in [-0.2, 0) is 23.2 Å². The number of halogens is 2. The van der Waals surface area contributed by atoms with Crippen LogP contribution < -0.4 is 10.6 Å². The van der Waals surface area contributed by atoms with Gasteiger partial charge in [-0.2, -0.15) is 0 Å². The minimum absolute atomic E-state index is 0.119. The lowest BCUT2D eigenvalue weighted by Crippen LogP contribution is -2.49. The van der Waals surface area contributed by atoms with Crippen LogP contribution in [0.4, 0.5) is 8.78 Å². The second kappa shape index (κ2) is 8.97. The molecule has 1 aliphatic rings. The molecule has 0 spiro atoms. The Labute approximate surface area is 169 Å². The van der Waals surface area contributed by atoms with Crippen molar-refractivity contribution in [1.82, 2.24) is 15.6 Å². The molecular formula is C22H27F2N3O2. The van der Waals surface area contributed by atoms with Gasteiger partial charge in [-0.1, -0.05) is 6.92 Å². The normalized spacial score (nSPS) is 16.9. The fraction of sp³-hybridized carbons (Fsp3) is 0.455. The first-order valence-corrected chi connectivity index (χ1v) is 9.92. The van der Waals surface area contributed by atoms with Crippen molar-refractivity contribution >= 4 is 5.91 Å². The Hall–Kier alpha value is -2.38. The molecule has 156 valence electrons. The molecule has 5 nitrogen and oxygen atoms in total. The Morgan fingerprint density at radius 1 is 1.21 bits per heavy atom. The highest BCUT2D eigenvalue weighted by Crippen LogP contribution is 2.44. The van der Waals surface area contributed by atoms with E-state index in [9.17, 15) is 18.7 Å². The highest BCUT2D eigenvalue weighted by Gasteiger charge is 2.45. The predicted octanol–water partition coefficient (Wildman–Crippen LogP) is 2.61. The summed E-state index contributed by atoms with van der Waals surface area (Å²) in [5.41, 5.74) is 2.26. The largest absolute Gasteiger partial charge is 0.390 e. The van der Waals surface area contributed by atoms with Gasteiger partial charge in [-0.3, -0.25) is 9.78 Å². The summed E-state index contributed by atoms with van der Waals surface area (Å²) in [5.74, 6) is -1.69. The summed E-state index contributed by atoms with van der Waals surface area (Å²) in [6.07, 6.45) is 3.73. The number of aromatic nitrogens is 1. The van der Waals surface area contributed by atoms with Crippen molar-refractivity contribution in [3.8, 4) is 0 Å². The number of carbonyl (C=O) groups is 1. The lowest BCUT2D eigenvalue weighted by molar-refractivity contribution is -0.120. The minimum Gasteiger partial charge on any atom is -0.390 e. The van der Waals surface area contributed by atoms with E-state index in [1.807, 2.05) is 6.07 Å². The number of aliphatic hydroxyl groups excluding tert-OH is 1. The zero-order valence-corrected chi connectivity index (χ0v) is 16.7. The second-order valence-electron chi connectivity index (χ2n) is 7.72. The Morgan fingerprint density at radius 3 is 2.48 bits per heavy atom. The van der Waals surface area contributed by atoms with Gasteiger partial charge in [-0.25, -0.2) is 8.78 Å². The summed E-state index contributed by atoms with van der Waals surface area (Å²) in [7, 11) is 0. The molecule has 0 radical (unpaired) electrons. The third-order valence-electron chi connectivity index (χ3n) is 5.35. The molecule has 3 rings (SSSR count). The first kappa shape index (κ1) is 21.3. The SMILES string of the molecule is CCc1ccnc(C2(NCC(O)C(Cc3cc(F)cc(F)c3)NC(C)=O)CC2)c1. The van der Waals surface area contributed by atoms with Crippen molar-refractivity contribution < 1.29 is 18.7 Å². The zero-order chi connectivity index (χ0) is 21.0. The van der Waals surface area contributed by atoms with E-state index in [0.717, 1.165) is 31.0 Å². The van der Waals surface area contributed by atoms with E-state index >= 15 is 0 Å². The Kier molecular flexibility index (Phi) is 6.59. The van der Waals surface area contributed by atoms with Gasteiger partial charge >= 0.3 is 0 Å². The van der Waals surface area contributed by atoms with Gasteiger partial charge in [0.15, 0.2) is 0 Å². The quantitative estimate of drug-likeness (QED) is 0.602. The number of pyridine rings is 1. The first-order valence-electron chi connectivity index (χ1n) is 9.92. The van der Waals surface area contributed by atoms with E-state index < -0.39 is 23.8 Å². The van der Waals surface area contributed by atoms with Gasteiger partial charge < -0.3 is 15.7 Å². The first-order chi connectivity index (χ1) is 13.8. The molecule has 7 heteroatoms. The summed E-state index contributed by atoms with van der Waals surface area (Å²) < 4.78 is 27.0. The standard InChI is InChI=1S/C22H27F2N3O2/c1-3-15-4-7-25-21(11-15)22(5-6-22)26-13-20(29)19(27-14(2)28)10-16-8-17(23)12-18(24)9-16/h4,7-9,11-12,19-20,26,29H,3,5-6,10,13H2,1-2H3,(H,27,28). The number of benzene rings is 1. The highest BCUT2D eigenvalue weighted by atomic mass is 19.1. The fourth-order valence-electron chi connectivity index (χ4n) is 3.57. The molecule has 1 fully saturated rings. The van der Waals surface area contributed by atoms with Crippen LogP contribution in [-0.4, -0.2) is 34.7 Å². The van der Waals surface area contributed by atoms with Crippen molar-refractivity contribution in [2.24, 2.45) is 0 Å². The van der Waals surface area contributed by atoms with Crippen LogP contribution in [0.5, 0.6) is 0 Å². The van der Waals surface area contributed by atoms with Crippen molar-refractivity contribution in [3.63, 3.8) is 0 Å². The molecule has 2 aromatic rings. The lowest BCUT2D eigenvalue weighted by atomic mass is 10.00. The molecule has 2 unspecified atom stereocenters. The molecule has 1 aliphatic carbocycles. The summed E-state index contributed by atoms with van der Waals surface area (Å²) in [6, 6.07) is 6.60. The zero-order valence-electron chi connectivity index (χ0n) is 16.7. The highest BCUT2D eigenvalue weighted by molar-refractivity contribution is 5.73. The molecule has 1 aromatic heterocycles. The number of hydrogen-bond acceptors (Lipinski definition) is 4. The number of aliphatic hydroxyl groups is 1. The maximum Gasteiger partial charge on any atom is 0.217 e. The van der Waals surface area contributed by atoms with Crippen LogP contribution in [0.15, 0.2) is 36.5 Å². The van der Waals surface area contributed by atoms with Crippen molar-refractivity contribution in [2.75, 3.05) is 6.54 Å². The Morgan fingerprint density at radius 2 is 1.90 bits per heavy atom. The molecule has 1 saturated carbocycles. The van der Waals surface area contributed by atoms with E-state index in [1.165, 1.54) is 24.6 Å². The van der Waals surface area contributed by atoms with Crippen LogP contribution in [0.3, 0.4) is 0 Å². The van der Waals surface area contributed by atoms with Crippen molar-refractivity contribution in [1.29, 1.82) is 0 Å². The van der Waals surface area contributed by atoms with Crippen LogP contribution in [0.1, 0.15) is 43.5 Å². The van der Waals surface area contributed by atoms with Gasteiger partial charge in [0.1, 0.15) is 11.6 Å². The van der Waals surface area contributed by atoms with E-state index in [1.54, 1.807) is 6.20 Å². The summed E-state index contributed by atoms with van der Waals surface area (Å²) in [6.45, 7) is 3.66. The fourth-order valence-corrected chi connectivity index (χ4v) is 3.57. The van der Waals surface area contributed by atoms with Crippen LogP contribution >= 0.6 is 0 Å². The van der Waals surface area contributed by atoms with Gasteiger partial charge in [0.05, 0.1) is 23.4 Å². The minimum atomic E-state index is -0.933. The van der Waals surface area contributed by atoms with E-state index in [0.29, 0.717) is 5.56 Å². The molecule has 1 amide bonds. The van der Waals surface area contributed by atoms with E-state index in [2.05, 4.69) is 28.6 Å². The molecule has 0 saturated heterocycles. The molecule has 2 atom stereocenters. The topological polar surface area (TPSA) is 74.2 Å². The third-order valence-corrected chi connectivity index (χ3v) is 5.35. The van der Waals surface area contributed by atoms with E-state index in [4.69, 9.17) is 0 Å². The number of nitrogens with zero attached hydrogens (tertiary/aromatic N) is 1. The van der Waals surface area contributed by atoms with Gasteiger partial charge in [0, 0.05) is 25.7 Å². The summed E-state index contributed by atoms with van der Waals surface area (Å²) in [4.78, 5) is 16.1. The monoisotopic (exact) mass is 403 g/mol. The van der Waals surface area contributed by atoms with Gasteiger partial charge in [0.2, 0.25) is 5.91 Å². The second-order valence-corrected chi connectivity index (χ2v) is 7.72. The molecule has 0 bridgehead atoms. The molecular weight excluding hydrogens is 376 g/mol. The summed E-state index contributed by atoms with van der Waals surface area (Å²) >= 11 is 0.